The molecule has 9 heteroatoms. The van der Waals surface area contributed by atoms with Crippen molar-refractivity contribution in [3.8, 4) is 0 Å². The molecule has 3 aromatic heterocycles. The van der Waals surface area contributed by atoms with Crippen molar-refractivity contribution in [2.45, 2.75) is 52.2 Å². The fourth-order valence-corrected chi connectivity index (χ4v) is 4.88. The Morgan fingerprint density at radius 2 is 1.94 bits per heavy atom. The summed E-state index contributed by atoms with van der Waals surface area (Å²) < 4.78 is 8.29. The monoisotopic (exact) mass is 424 g/mol. The molecule has 3 aliphatic rings. The Balaban J connectivity index is 1.44. The number of amides is 1. The molecule has 2 atom stereocenters. The van der Waals surface area contributed by atoms with Gasteiger partial charge >= 0.3 is 5.69 Å². The van der Waals surface area contributed by atoms with Gasteiger partial charge in [-0.05, 0) is 30.4 Å². The Morgan fingerprint density at radius 3 is 2.58 bits per heavy atom. The maximum absolute atomic E-state index is 12.8. The number of nitrogens with zero attached hydrogens (tertiary/aromatic N) is 6. The Kier molecular flexibility index (Phi) is 4.46. The summed E-state index contributed by atoms with van der Waals surface area (Å²) in [7, 11) is 1.78. The zero-order valence-corrected chi connectivity index (χ0v) is 18.4. The van der Waals surface area contributed by atoms with Gasteiger partial charge in [-0.1, -0.05) is 25.9 Å². The number of piperidine rings is 2. The molecule has 0 radical (unpaired) electrons. The summed E-state index contributed by atoms with van der Waals surface area (Å²) in [6.07, 6.45) is 3.40. The van der Waals surface area contributed by atoms with Crippen molar-refractivity contribution in [1.29, 1.82) is 0 Å². The van der Waals surface area contributed by atoms with E-state index in [-0.39, 0.29) is 29.1 Å². The topological polar surface area (TPSA) is 89.4 Å². The summed E-state index contributed by atoms with van der Waals surface area (Å²) in [5.74, 6) is 0.785. The van der Waals surface area contributed by atoms with Crippen LogP contribution in [-0.2, 0) is 13.6 Å². The van der Waals surface area contributed by atoms with E-state index in [9.17, 15) is 9.59 Å². The molecule has 0 aromatic carbocycles. The van der Waals surface area contributed by atoms with Crippen molar-refractivity contribution in [2.75, 3.05) is 18.0 Å². The third kappa shape index (κ3) is 3.32. The maximum Gasteiger partial charge on any atom is 0.330 e. The van der Waals surface area contributed by atoms with Gasteiger partial charge in [-0.15, -0.1) is 0 Å². The first kappa shape index (κ1) is 19.8. The number of anilines is 1. The Morgan fingerprint density at radius 1 is 1.16 bits per heavy atom. The van der Waals surface area contributed by atoms with E-state index in [1.165, 1.54) is 6.26 Å². The van der Waals surface area contributed by atoms with E-state index >= 15 is 0 Å². The predicted molar refractivity (Wildman–Crippen MR) is 116 cm³/mol. The minimum Gasteiger partial charge on any atom is -0.364 e. The van der Waals surface area contributed by atoms with Crippen molar-refractivity contribution in [2.24, 2.45) is 12.5 Å². The van der Waals surface area contributed by atoms with Crippen LogP contribution < -0.4 is 10.6 Å². The number of rotatable bonds is 3. The SMILES string of the molecule is Cn1c(=O)n(CC(C)(C)C)c2ccc(N3C[C@H]4CC[C@@H]3CN4C(=O)c3ccon3)nc21. The van der Waals surface area contributed by atoms with Crippen LogP contribution >= 0.6 is 0 Å². The number of aryl methyl sites for hydroxylation is 1. The number of hydrogen-bond acceptors (Lipinski definition) is 6. The van der Waals surface area contributed by atoms with Crippen LogP contribution in [0.4, 0.5) is 5.82 Å². The highest BCUT2D eigenvalue weighted by Crippen LogP contribution is 2.33. The molecule has 6 rings (SSSR count). The van der Waals surface area contributed by atoms with Crippen molar-refractivity contribution in [1.82, 2.24) is 24.2 Å². The van der Waals surface area contributed by atoms with Crippen molar-refractivity contribution in [3.63, 3.8) is 0 Å². The number of fused-ring (bicyclic) bond motifs is 4. The van der Waals surface area contributed by atoms with Crippen LogP contribution in [-0.4, -0.2) is 55.3 Å². The number of hydrogen-bond donors (Lipinski definition) is 0. The first-order valence-electron chi connectivity index (χ1n) is 10.8. The lowest BCUT2D eigenvalue weighted by molar-refractivity contribution is 0.0494. The Hall–Kier alpha value is -3.10. The standard InChI is InChI=1S/C22H28N6O3/c1-22(2,3)13-28-17-7-8-18(23-19(17)25(4)21(28)30)26-11-15-6-5-14(26)12-27(15)20(29)16-9-10-31-24-16/h7-10,14-15H,5-6,11-13H2,1-4H3/t14-,15-/m1/s1. The fraction of sp³-hybridized carbons (Fsp3) is 0.545. The molecule has 0 N–H and O–H groups in total. The molecule has 0 unspecified atom stereocenters. The third-order valence-electron chi connectivity index (χ3n) is 6.34. The van der Waals surface area contributed by atoms with Gasteiger partial charge in [0, 0.05) is 44.8 Å². The van der Waals surface area contributed by atoms with E-state index in [1.807, 2.05) is 21.6 Å². The zero-order valence-electron chi connectivity index (χ0n) is 18.4. The minimum atomic E-state index is -0.0758. The molecule has 31 heavy (non-hydrogen) atoms. The lowest BCUT2D eigenvalue weighted by Gasteiger charge is -2.51. The van der Waals surface area contributed by atoms with E-state index in [0.717, 1.165) is 30.7 Å². The predicted octanol–water partition coefficient (Wildman–Crippen LogP) is 2.26. The average Bonchev–Trinajstić information content (AvgIpc) is 3.36. The van der Waals surface area contributed by atoms with Crippen LogP contribution in [0.2, 0.25) is 0 Å². The van der Waals surface area contributed by atoms with E-state index in [2.05, 4.69) is 30.8 Å². The molecule has 0 spiro atoms. The number of pyridine rings is 1. The molecule has 164 valence electrons. The van der Waals surface area contributed by atoms with Crippen LogP contribution in [0.25, 0.3) is 11.2 Å². The van der Waals surface area contributed by atoms with Gasteiger partial charge in [0.05, 0.1) is 5.52 Å². The smallest absolute Gasteiger partial charge is 0.330 e. The Labute approximate surface area is 180 Å². The highest BCUT2D eigenvalue weighted by atomic mass is 16.5. The molecule has 3 aliphatic heterocycles. The first-order valence-corrected chi connectivity index (χ1v) is 10.8. The number of carbonyl (C=O) groups excluding carboxylic acids is 1. The van der Waals surface area contributed by atoms with Gasteiger partial charge in [-0.25, -0.2) is 9.78 Å². The second-order valence-corrected chi connectivity index (χ2v) is 9.88. The largest absolute Gasteiger partial charge is 0.364 e. The second-order valence-electron chi connectivity index (χ2n) is 9.88. The fourth-order valence-electron chi connectivity index (χ4n) is 4.88. The van der Waals surface area contributed by atoms with Crippen LogP contribution in [0, 0.1) is 5.41 Å². The third-order valence-corrected chi connectivity index (χ3v) is 6.34. The lowest BCUT2D eigenvalue weighted by Crippen LogP contribution is -2.64. The molecule has 9 nitrogen and oxygen atoms in total. The summed E-state index contributed by atoms with van der Waals surface area (Å²) >= 11 is 0. The van der Waals surface area contributed by atoms with Crippen LogP contribution in [0.1, 0.15) is 44.1 Å². The highest BCUT2D eigenvalue weighted by molar-refractivity contribution is 5.92. The molecule has 2 bridgehead atoms. The molecule has 6 heterocycles. The van der Waals surface area contributed by atoms with Gasteiger partial charge in [0.25, 0.3) is 5.91 Å². The number of imidazole rings is 1. The summed E-state index contributed by atoms with van der Waals surface area (Å²) in [6.45, 7) is 8.37. The molecule has 1 amide bonds. The van der Waals surface area contributed by atoms with Crippen molar-refractivity contribution < 1.29 is 9.32 Å². The van der Waals surface area contributed by atoms with E-state index < -0.39 is 0 Å². The zero-order chi connectivity index (χ0) is 21.9. The number of carbonyl (C=O) groups is 1. The second kappa shape index (κ2) is 6.96. The van der Waals surface area contributed by atoms with Gasteiger partial charge in [0.1, 0.15) is 12.1 Å². The van der Waals surface area contributed by atoms with Crippen LogP contribution in [0.15, 0.2) is 33.8 Å². The van der Waals surface area contributed by atoms with Crippen LogP contribution in [0.3, 0.4) is 0 Å². The minimum absolute atomic E-state index is 0.0113. The van der Waals surface area contributed by atoms with Gasteiger partial charge in [0.15, 0.2) is 11.3 Å². The quantitative estimate of drug-likeness (QED) is 0.641. The molecule has 0 saturated carbocycles. The van der Waals surface area contributed by atoms with Gasteiger partial charge in [-0.3, -0.25) is 13.9 Å². The van der Waals surface area contributed by atoms with Gasteiger partial charge in [0.2, 0.25) is 0 Å². The average molecular weight is 425 g/mol. The summed E-state index contributed by atoms with van der Waals surface area (Å²) in [5.41, 5.74) is 1.86. The van der Waals surface area contributed by atoms with Crippen molar-refractivity contribution in [3.05, 3.63) is 40.6 Å². The molecular formula is C22H28N6O3. The summed E-state index contributed by atoms with van der Waals surface area (Å²) in [6, 6.07) is 5.93. The maximum atomic E-state index is 12.8. The highest BCUT2D eigenvalue weighted by Gasteiger charge is 2.42. The first-order chi connectivity index (χ1) is 14.7. The Bertz CT molecular complexity index is 1190. The molecule has 3 fully saturated rings. The van der Waals surface area contributed by atoms with E-state index in [0.29, 0.717) is 24.4 Å². The summed E-state index contributed by atoms with van der Waals surface area (Å²) in [4.78, 5) is 34.7. The number of piperazine rings is 1. The normalized spacial score (nSPS) is 21.3. The lowest BCUT2D eigenvalue weighted by atomic mass is 9.90. The van der Waals surface area contributed by atoms with Gasteiger partial charge < -0.3 is 14.3 Å². The molecule has 3 aromatic rings. The van der Waals surface area contributed by atoms with E-state index in [4.69, 9.17) is 9.51 Å². The molecule has 3 saturated heterocycles. The van der Waals surface area contributed by atoms with Crippen molar-refractivity contribution >= 4 is 22.9 Å². The van der Waals surface area contributed by atoms with Crippen LogP contribution in [0.5, 0.6) is 0 Å². The molecule has 0 aliphatic carbocycles. The number of aromatic nitrogens is 4. The summed E-state index contributed by atoms with van der Waals surface area (Å²) in [5, 5.41) is 3.80. The molecular weight excluding hydrogens is 396 g/mol. The van der Waals surface area contributed by atoms with E-state index in [1.54, 1.807) is 17.7 Å². The van der Waals surface area contributed by atoms with Gasteiger partial charge in [-0.2, -0.15) is 0 Å².